The Bertz CT molecular complexity index is 433. The zero-order valence-corrected chi connectivity index (χ0v) is 24.8. The molecular formula is C24H50Br2N2O4. The molecule has 0 heterocycles. The van der Waals surface area contributed by atoms with Crippen molar-refractivity contribution in [1.29, 1.82) is 0 Å². The van der Waals surface area contributed by atoms with Gasteiger partial charge in [0.1, 0.15) is 0 Å². The number of carbonyl (C=O) groups excluding carboxylic acids is 2. The standard InChI is InChI=1S/C24H50N2O4.2BrH/c1-7-29-23(27)21-25(3,4)19-17-15-13-11-9-10-12-14-16-18-20-26(5,6)22-24(28)30-8-2;;/h7-22H2,1-6H3;2*1H/q+2;;/p-2. The first-order valence-corrected chi connectivity index (χ1v) is 12.1. The second-order valence-corrected chi connectivity index (χ2v) is 9.78. The summed E-state index contributed by atoms with van der Waals surface area (Å²) in [5.74, 6) is -0.187. The molecule has 0 rings (SSSR count). The van der Waals surface area contributed by atoms with Gasteiger partial charge in [0, 0.05) is 0 Å². The SMILES string of the molecule is CCOC(=O)C[N+](C)(C)CCCCCCCCCCCC[N+](C)(C)CC(=O)OCC.[Br-].[Br-]. The van der Waals surface area contributed by atoms with Crippen LogP contribution in [-0.2, 0) is 19.1 Å². The van der Waals surface area contributed by atoms with Gasteiger partial charge in [-0.15, -0.1) is 0 Å². The van der Waals surface area contributed by atoms with Gasteiger partial charge in [-0.3, -0.25) is 0 Å². The van der Waals surface area contributed by atoms with E-state index in [1.54, 1.807) is 0 Å². The largest absolute Gasteiger partial charge is 1.00 e. The van der Waals surface area contributed by atoms with Crippen molar-refractivity contribution in [2.45, 2.75) is 78.1 Å². The number of hydrogen-bond donors (Lipinski definition) is 0. The molecule has 0 N–H and O–H groups in total. The second-order valence-electron chi connectivity index (χ2n) is 9.78. The lowest BCUT2D eigenvalue weighted by molar-refractivity contribution is -0.883. The fourth-order valence-electron chi connectivity index (χ4n) is 3.76. The maximum atomic E-state index is 11.6. The van der Waals surface area contributed by atoms with Crippen LogP contribution < -0.4 is 34.0 Å². The van der Waals surface area contributed by atoms with E-state index in [0.29, 0.717) is 35.3 Å². The van der Waals surface area contributed by atoms with Crippen molar-refractivity contribution >= 4 is 11.9 Å². The molecule has 0 aliphatic carbocycles. The average molecular weight is 590 g/mol. The number of esters is 2. The molecule has 0 aliphatic heterocycles. The fraction of sp³-hybridized carbons (Fsp3) is 0.917. The van der Waals surface area contributed by atoms with E-state index in [4.69, 9.17) is 9.47 Å². The van der Waals surface area contributed by atoms with Gasteiger partial charge in [-0.05, 0) is 39.5 Å². The lowest BCUT2D eigenvalue weighted by Crippen LogP contribution is -3.00. The molecule has 0 amide bonds. The minimum Gasteiger partial charge on any atom is -1.00 e. The van der Waals surface area contributed by atoms with E-state index in [0.717, 1.165) is 13.1 Å². The topological polar surface area (TPSA) is 52.6 Å². The van der Waals surface area contributed by atoms with Gasteiger partial charge in [-0.2, -0.15) is 0 Å². The first-order chi connectivity index (χ1) is 14.1. The maximum Gasteiger partial charge on any atom is 0.361 e. The molecule has 0 aromatic carbocycles. The van der Waals surface area contributed by atoms with Crippen LogP contribution in [0.1, 0.15) is 78.1 Å². The number of quaternary nitrogens is 2. The van der Waals surface area contributed by atoms with E-state index in [9.17, 15) is 9.59 Å². The quantitative estimate of drug-likeness (QED) is 0.101. The molecule has 0 aliphatic rings. The summed E-state index contributed by atoms with van der Waals surface area (Å²) in [6.45, 7) is 7.63. The molecule has 0 bridgehead atoms. The highest BCUT2D eigenvalue weighted by molar-refractivity contribution is 5.70. The number of likely N-dealkylation sites (N-methyl/N-ethyl adjacent to an activating group) is 2. The zero-order valence-electron chi connectivity index (χ0n) is 21.6. The normalized spacial score (nSPS) is 11.3. The summed E-state index contributed by atoms with van der Waals surface area (Å²) in [7, 11) is 8.42. The van der Waals surface area contributed by atoms with Crippen LogP contribution >= 0.6 is 0 Å². The molecule has 0 saturated carbocycles. The molecule has 0 spiro atoms. The molecule has 0 unspecified atom stereocenters. The maximum absolute atomic E-state index is 11.6. The summed E-state index contributed by atoms with van der Waals surface area (Å²) in [6.07, 6.45) is 12.7. The summed E-state index contributed by atoms with van der Waals surface area (Å²) < 4.78 is 11.5. The summed E-state index contributed by atoms with van der Waals surface area (Å²) in [6, 6.07) is 0. The number of carbonyl (C=O) groups is 2. The minimum atomic E-state index is -0.0935. The number of halogens is 2. The smallest absolute Gasteiger partial charge is 0.361 e. The molecule has 194 valence electrons. The Kier molecular flexibility index (Phi) is 24.3. The Morgan fingerprint density at radius 2 is 0.781 bits per heavy atom. The van der Waals surface area contributed by atoms with Crippen LogP contribution in [0.2, 0.25) is 0 Å². The van der Waals surface area contributed by atoms with Gasteiger partial charge in [-0.1, -0.05) is 38.5 Å². The van der Waals surface area contributed by atoms with E-state index in [1.807, 2.05) is 13.8 Å². The van der Waals surface area contributed by atoms with Crippen LogP contribution in [0, 0.1) is 0 Å². The summed E-state index contributed by atoms with van der Waals surface area (Å²) in [4.78, 5) is 23.2. The molecule has 0 saturated heterocycles. The Morgan fingerprint density at radius 1 is 0.531 bits per heavy atom. The lowest BCUT2D eigenvalue weighted by Gasteiger charge is -2.28. The predicted molar refractivity (Wildman–Crippen MR) is 123 cm³/mol. The summed E-state index contributed by atoms with van der Waals surface area (Å²) >= 11 is 0. The van der Waals surface area contributed by atoms with Gasteiger partial charge in [0.15, 0.2) is 13.1 Å². The monoisotopic (exact) mass is 588 g/mol. The first kappa shape index (κ1) is 36.4. The van der Waals surface area contributed by atoms with E-state index in [-0.39, 0.29) is 45.9 Å². The van der Waals surface area contributed by atoms with Crippen LogP contribution in [0.3, 0.4) is 0 Å². The van der Waals surface area contributed by atoms with E-state index >= 15 is 0 Å². The Hall–Kier alpha value is -0.180. The second kappa shape index (κ2) is 21.4. The molecule has 0 aromatic rings. The van der Waals surface area contributed by atoms with Gasteiger partial charge < -0.3 is 52.4 Å². The van der Waals surface area contributed by atoms with Crippen molar-refractivity contribution in [3.05, 3.63) is 0 Å². The van der Waals surface area contributed by atoms with E-state index in [2.05, 4.69) is 28.2 Å². The number of hydrogen-bond acceptors (Lipinski definition) is 4. The Labute approximate surface area is 219 Å². The van der Waals surface area contributed by atoms with Gasteiger partial charge in [-0.25, -0.2) is 9.59 Å². The minimum absolute atomic E-state index is 0. The third kappa shape index (κ3) is 23.0. The zero-order chi connectivity index (χ0) is 22.9. The number of ether oxygens (including phenoxy) is 2. The molecule has 8 heteroatoms. The summed E-state index contributed by atoms with van der Waals surface area (Å²) in [5, 5.41) is 0. The molecule has 0 atom stereocenters. The van der Waals surface area contributed by atoms with Crippen molar-refractivity contribution < 1.29 is 62.0 Å². The van der Waals surface area contributed by atoms with Crippen molar-refractivity contribution in [2.75, 3.05) is 67.6 Å². The number of rotatable bonds is 19. The highest BCUT2D eigenvalue weighted by Gasteiger charge is 2.21. The predicted octanol–water partition coefficient (Wildman–Crippen LogP) is -1.83. The average Bonchev–Trinajstić information content (AvgIpc) is 2.61. The highest BCUT2D eigenvalue weighted by atomic mass is 79.9. The molecule has 0 radical (unpaired) electrons. The van der Waals surface area contributed by atoms with Gasteiger partial charge in [0.05, 0.1) is 54.5 Å². The van der Waals surface area contributed by atoms with Crippen LogP contribution in [-0.4, -0.2) is 88.5 Å². The van der Waals surface area contributed by atoms with E-state index in [1.165, 1.54) is 64.2 Å². The fourth-order valence-corrected chi connectivity index (χ4v) is 3.76. The lowest BCUT2D eigenvalue weighted by atomic mass is 10.1. The van der Waals surface area contributed by atoms with Gasteiger partial charge >= 0.3 is 11.9 Å². The molecule has 0 aromatic heterocycles. The molecular weight excluding hydrogens is 540 g/mol. The van der Waals surface area contributed by atoms with Crippen LogP contribution in [0.15, 0.2) is 0 Å². The van der Waals surface area contributed by atoms with E-state index < -0.39 is 0 Å². The van der Waals surface area contributed by atoms with Gasteiger partial charge in [0.25, 0.3) is 0 Å². The molecule has 0 fully saturated rings. The highest BCUT2D eigenvalue weighted by Crippen LogP contribution is 2.13. The Morgan fingerprint density at radius 3 is 1.03 bits per heavy atom. The van der Waals surface area contributed by atoms with Crippen LogP contribution in [0.5, 0.6) is 0 Å². The van der Waals surface area contributed by atoms with Crippen molar-refractivity contribution in [3.8, 4) is 0 Å². The summed E-state index contributed by atoms with van der Waals surface area (Å²) in [5.41, 5.74) is 0. The van der Waals surface area contributed by atoms with Crippen LogP contribution in [0.4, 0.5) is 0 Å². The van der Waals surface area contributed by atoms with Crippen molar-refractivity contribution in [1.82, 2.24) is 0 Å². The third-order valence-electron chi connectivity index (χ3n) is 5.50. The van der Waals surface area contributed by atoms with Gasteiger partial charge in [0.2, 0.25) is 0 Å². The molecule has 32 heavy (non-hydrogen) atoms. The number of unbranched alkanes of at least 4 members (excludes halogenated alkanes) is 9. The molecule has 6 nitrogen and oxygen atoms in total. The van der Waals surface area contributed by atoms with Crippen molar-refractivity contribution in [3.63, 3.8) is 0 Å². The number of nitrogens with zero attached hydrogens (tertiary/aromatic N) is 2. The van der Waals surface area contributed by atoms with Crippen molar-refractivity contribution in [2.24, 2.45) is 0 Å². The van der Waals surface area contributed by atoms with Crippen LogP contribution in [0.25, 0.3) is 0 Å². The first-order valence-electron chi connectivity index (χ1n) is 12.1. The Balaban J connectivity index is -0.00000420. The third-order valence-corrected chi connectivity index (χ3v) is 5.50.